The Morgan fingerprint density at radius 3 is 2.21 bits per heavy atom. The number of nitrogens with one attached hydrogen (secondary N) is 1. The monoisotopic (exact) mass is 266 g/mol. The van der Waals surface area contributed by atoms with Crippen molar-refractivity contribution in [2.24, 2.45) is 5.73 Å². The summed E-state index contributed by atoms with van der Waals surface area (Å²) >= 11 is 0. The number of carbonyl (C=O) groups is 1. The zero-order valence-electron chi connectivity index (χ0n) is 11.4. The van der Waals surface area contributed by atoms with E-state index in [0.717, 1.165) is 0 Å². The number of hydrogen-bond donors (Lipinski definition) is 4. The molecular weight excluding hydrogens is 244 g/mol. The first kappa shape index (κ1) is 15.6. The van der Waals surface area contributed by atoms with Crippen molar-refractivity contribution in [2.75, 3.05) is 13.2 Å². The lowest BCUT2D eigenvalue weighted by atomic mass is 9.89. The first-order valence-electron chi connectivity index (χ1n) is 6.30. The van der Waals surface area contributed by atoms with Crippen LogP contribution in [0.3, 0.4) is 0 Å². The minimum absolute atomic E-state index is 0.337. The topological polar surface area (TPSA) is 95.6 Å². The van der Waals surface area contributed by atoms with E-state index in [1.807, 2.05) is 6.07 Å². The van der Waals surface area contributed by atoms with E-state index in [4.69, 9.17) is 5.73 Å². The third-order valence-electron chi connectivity index (χ3n) is 3.51. The summed E-state index contributed by atoms with van der Waals surface area (Å²) in [4.78, 5) is 12.3. The highest BCUT2D eigenvalue weighted by Gasteiger charge is 2.36. The maximum absolute atomic E-state index is 12.3. The highest BCUT2D eigenvalue weighted by molar-refractivity contribution is 5.87. The van der Waals surface area contributed by atoms with Crippen LogP contribution in [0.4, 0.5) is 0 Å². The molecule has 19 heavy (non-hydrogen) atoms. The molecule has 0 aliphatic heterocycles. The van der Waals surface area contributed by atoms with Crippen molar-refractivity contribution in [2.45, 2.75) is 31.3 Å². The fraction of sp³-hybridized carbons (Fsp3) is 0.500. The number of aliphatic hydroxyl groups excluding tert-OH is 2. The van der Waals surface area contributed by atoms with Crippen molar-refractivity contribution in [3.63, 3.8) is 0 Å². The number of benzene rings is 1. The number of amides is 1. The molecule has 1 atom stereocenters. The van der Waals surface area contributed by atoms with Crippen LogP contribution < -0.4 is 11.1 Å². The molecule has 5 heteroatoms. The van der Waals surface area contributed by atoms with E-state index in [9.17, 15) is 15.0 Å². The highest BCUT2D eigenvalue weighted by Crippen LogP contribution is 2.19. The first-order valence-corrected chi connectivity index (χ1v) is 6.30. The van der Waals surface area contributed by atoms with Gasteiger partial charge in [-0.1, -0.05) is 37.3 Å². The third-order valence-corrected chi connectivity index (χ3v) is 3.51. The van der Waals surface area contributed by atoms with Crippen molar-refractivity contribution in [1.82, 2.24) is 5.32 Å². The third kappa shape index (κ3) is 3.32. The SMILES string of the molecule is CCC(CO)(CO)NC(=O)C(C)(N)c1ccccc1. The summed E-state index contributed by atoms with van der Waals surface area (Å²) in [5.74, 6) is -0.427. The molecule has 0 saturated carbocycles. The van der Waals surface area contributed by atoms with Gasteiger partial charge >= 0.3 is 0 Å². The van der Waals surface area contributed by atoms with Gasteiger partial charge in [-0.05, 0) is 18.9 Å². The summed E-state index contributed by atoms with van der Waals surface area (Å²) in [6.45, 7) is 2.71. The van der Waals surface area contributed by atoms with Crippen LogP contribution in [0, 0.1) is 0 Å². The largest absolute Gasteiger partial charge is 0.394 e. The maximum Gasteiger partial charge on any atom is 0.244 e. The molecule has 0 spiro atoms. The molecule has 0 aromatic heterocycles. The number of hydrogen-bond acceptors (Lipinski definition) is 4. The minimum atomic E-state index is -1.22. The molecule has 1 aromatic carbocycles. The Morgan fingerprint density at radius 2 is 1.79 bits per heavy atom. The molecule has 0 bridgehead atoms. The fourth-order valence-corrected chi connectivity index (χ4v) is 1.73. The molecule has 0 heterocycles. The highest BCUT2D eigenvalue weighted by atomic mass is 16.3. The number of aliphatic hydroxyl groups is 2. The average Bonchev–Trinajstić information content (AvgIpc) is 2.45. The zero-order valence-corrected chi connectivity index (χ0v) is 11.4. The standard InChI is InChI=1S/C14H22N2O3/c1-3-14(9-17,10-18)16-12(19)13(2,15)11-7-5-4-6-8-11/h4-8,17-18H,3,9-10,15H2,1-2H3,(H,16,19). The van der Waals surface area contributed by atoms with E-state index in [1.54, 1.807) is 38.1 Å². The van der Waals surface area contributed by atoms with Gasteiger partial charge in [0.15, 0.2) is 0 Å². The van der Waals surface area contributed by atoms with E-state index < -0.39 is 17.0 Å². The second-order valence-electron chi connectivity index (χ2n) is 4.97. The average molecular weight is 266 g/mol. The van der Waals surface area contributed by atoms with Crippen LogP contribution >= 0.6 is 0 Å². The summed E-state index contributed by atoms with van der Waals surface area (Å²) in [5, 5.41) is 21.3. The molecule has 0 aliphatic carbocycles. The van der Waals surface area contributed by atoms with Crippen LogP contribution in [0.25, 0.3) is 0 Å². The molecule has 106 valence electrons. The quantitative estimate of drug-likeness (QED) is 0.587. The van der Waals surface area contributed by atoms with Crippen LogP contribution in [0.15, 0.2) is 30.3 Å². The second-order valence-corrected chi connectivity index (χ2v) is 4.97. The Balaban J connectivity index is 2.94. The Labute approximate surface area is 113 Å². The Bertz CT molecular complexity index is 406. The van der Waals surface area contributed by atoms with Gasteiger partial charge in [0.2, 0.25) is 5.91 Å². The van der Waals surface area contributed by atoms with Crippen molar-refractivity contribution < 1.29 is 15.0 Å². The lowest BCUT2D eigenvalue weighted by molar-refractivity contribution is -0.129. The molecule has 1 aromatic rings. The normalized spacial score (nSPS) is 14.8. The lowest BCUT2D eigenvalue weighted by Crippen LogP contribution is -2.60. The molecule has 0 aliphatic rings. The second kappa shape index (κ2) is 6.14. The Kier molecular flexibility index (Phi) is 5.05. The molecule has 5 nitrogen and oxygen atoms in total. The number of carbonyl (C=O) groups excluding carboxylic acids is 1. The zero-order chi connectivity index (χ0) is 14.5. The minimum Gasteiger partial charge on any atom is -0.394 e. The lowest BCUT2D eigenvalue weighted by Gasteiger charge is -2.34. The van der Waals surface area contributed by atoms with Gasteiger partial charge in [0.1, 0.15) is 5.54 Å². The van der Waals surface area contributed by atoms with Crippen LogP contribution in [0.2, 0.25) is 0 Å². The van der Waals surface area contributed by atoms with Crippen molar-refractivity contribution in [3.8, 4) is 0 Å². The molecule has 0 radical (unpaired) electrons. The summed E-state index contributed by atoms with van der Waals surface area (Å²) in [5.41, 5.74) is 4.50. The van der Waals surface area contributed by atoms with Crippen LogP contribution in [0.1, 0.15) is 25.8 Å². The first-order chi connectivity index (χ1) is 8.91. The summed E-state index contributed by atoms with van der Waals surface area (Å²) in [6, 6.07) is 8.99. The molecule has 0 fully saturated rings. The van der Waals surface area contributed by atoms with Crippen molar-refractivity contribution in [3.05, 3.63) is 35.9 Å². The summed E-state index contributed by atoms with van der Waals surface area (Å²) in [7, 11) is 0. The fourth-order valence-electron chi connectivity index (χ4n) is 1.73. The van der Waals surface area contributed by atoms with Crippen molar-refractivity contribution in [1.29, 1.82) is 0 Å². The van der Waals surface area contributed by atoms with Crippen LogP contribution in [-0.2, 0) is 10.3 Å². The van der Waals surface area contributed by atoms with Gasteiger partial charge in [0.25, 0.3) is 0 Å². The predicted molar refractivity (Wildman–Crippen MR) is 73.3 cm³/mol. The van der Waals surface area contributed by atoms with E-state index >= 15 is 0 Å². The smallest absolute Gasteiger partial charge is 0.244 e. The van der Waals surface area contributed by atoms with E-state index in [2.05, 4.69) is 5.32 Å². The molecule has 0 saturated heterocycles. The van der Waals surface area contributed by atoms with Crippen LogP contribution in [-0.4, -0.2) is 34.9 Å². The van der Waals surface area contributed by atoms with E-state index in [-0.39, 0.29) is 13.2 Å². The van der Waals surface area contributed by atoms with Gasteiger partial charge in [-0.15, -0.1) is 0 Å². The van der Waals surface area contributed by atoms with Gasteiger partial charge in [-0.2, -0.15) is 0 Å². The van der Waals surface area contributed by atoms with Gasteiger partial charge in [0, 0.05) is 0 Å². The number of nitrogens with two attached hydrogens (primary N) is 1. The van der Waals surface area contributed by atoms with Gasteiger partial charge < -0.3 is 21.3 Å². The molecule has 1 amide bonds. The van der Waals surface area contributed by atoms with Crippen LogP contribution in [0.5, 0.6) is 0 Å². The maximum atomic E-state index is 12.3. The number of rotatable bonds is 6. The Morgan fingerprint density at radius 1 is 1.26 bits per heavy atom. The van der Waals surface area contributed by atoms with Gasteiger partial charge in [-0.25, -0.2) is 0 Å². The Hall–Kier alpha value is -1.43. The summed E-state index contributed by atoms with van der Waals surface area (Å²) in [6.07, 6.45) is 0.413. The molecule has 1 rings (SSSR count). The van der Waals surface area contributed by atoms with Gasteiger partial charge in [-0.3, -0.25) is 4.79 Å². The molecule has 1 unspecified atom stereocenters. The molecular formula is C14H22N2O3. The predicted octanol–water partition coefficient (Wildman–Crippen LogP) is 0.110. The summed E-state index contributed by atoms with van der Waals surface area (Å²) < 4.78 is 0. The van der Waals surface area contributed by atoms with Crippen molar-refractivity contribution >= 4 is 5.91 Å². The van der Waals surface area contributed by atoms with E-state index in [0.29, 0.717) is 12.0 Å². The van der Waals surface area contributed by atoms with E-state index in [1.165, 1.54) is 0 Å². The van der Waals surface area contributed by atoms with Gasteiger partial charge in [0.05, 0.1) is 18.8 Å². The molecule has 5 N–H and O–H groups in total.